The van der Waals surface area contributed by atoms with Gasteiger partial charge in [-0.2, -0.15) is 0 Å². The van der Waals surface area contributed by atoms with Crippen molar-refractivity contribution >= 4 is 12.3 Å². The van der Waals surface area contributed by atoms with Crippen LogP contribution in [-0.2, 0) is 9.59 Å². The first-order chi connectivity index (χ1) is 13.2. The summed E-state index contributed by atoms with van der Waals surface area (Å²) in [6, 6.07) is 0. The molecule has 27 heavy (non-hydrogen) atoms. The lowest BCUT2D eigenvalue weighted by atomic mass is 9.98. The Morgan fingerprint density at radius 1 is 0.741 bits per heavy atom. The number of aldehydes is 1. The zero-order chi connectivity index (χ0) is 20.0. The van der Waals surface area contributed by atoms with Gasteiger partial charge >= 0.3 is 5.97 Å². The van der Waals surface area contributed by atoms with Gasteiger partial charge in [-0.05, 0) is 57.4 Å². The smallest absolute Gasteiger partial charge is 0.303 e. The van der Waals surface area contributed by atoms with Crippen LogP contribution in [0, 0.1) is 0 Å². The van der Waals surface area contributed by atoms with Crippen molar-refractivity contribution < 1.29 is 14.7 Å². The summed E-state index contributed by atoms with van der Waals surface area (Å²) in [6.45, 7) is 2.23. The van der Waals surface area contributed by atoms with Crippen LogP contribution in [-0.4, -0.2) is 17.4 Å². The molecule has 3 heteroatoms. The third kappa shape index (κ3) is 20.8. The summed E-state index contributed by atoms with van der Waals surface area (Å²) in [5.74, 6) is -0.682. The first-order valence-corrected chi connectivity index (χ1v) is 11.2. The van der Waals surface area contributed by atoms with Crippen LogP contribution in [0.1, 0.15) is 116 Å². The summed E-state index contributed by atoms with van der Waals surface area (Å²) in [6.07, 6.45) is 26.1. The molecule has 0 aliphatic heterocycles. The van der Waals surface area contributed by atoms with Crippen LogP contribution in [0.3, 0.4) is 0 Å². The molecule has 0 heterocycles. The van der Waals surface area contributed by atoms with Gasteiger partial charge in [0, 0.05) is 6.42 Å². The number of aliphatic carboxylic acids is 1. The lowest BCUT2D eigenvalue weighted by molar-refractivity contribution is -0.137. The SMILES string of the molecule is CCCCCC/C=C(/CCCCCCCCC/C=C\C=O)CCCC(=O)O. The van der Waals surface area contributed by atoms with E-state index in [9.17, 15) is 9.59 Å². The Hall–Kier alpha value is -1.38. The average molecular weight is 379 g/mol. The Labute approximate surface area is 167 Å². The maximum atomic E-state index is 10.7. The summed E-state index contributed by atoms with van der Waals surface area (Å²) < 4.78 is 0. The van der Waals surface area contributed by atoms with Crippen molar-refractivity contribution in [2.45, 2.75) is 116 Å². The van der Waals surface area contributed by atoms with E-state index in [0.29, 0.717) is 0 Å². The molecule has 0 aromatic heterocycles. The minimum Gasteiger partial charge on any atom is -0.481 e. The normalized spacial score (nSPS) is 12.0. The Bertz CT molecular complexity index is 410. The van der Waals surface area contributed by atoms with Crippen molar-refractivity contribution in [2.75, 3.05) is 0 Å². The van der Waals surface area contributed by atoms with Gasteiger partial charge in [0.25, 0.3) is 0 Å². The lowest BCUT2D eigenvalue weighted by Crippen LogP contribution is -1.95. The second-order valence-corrected chi connectivity index (χ2v) is 7.54. The van der Waals surface area contributed by atoms with Gasteiger partial charge in [-0.15, -0.1) is 0 Å². The van der Waals surface area contributed by atoms with Gasteiger partial charge in [-0.25, -0.2) is 0 Å². The molecule has 3 nitrogen and oxygen atoms in total. The fraction of sp³-hybridized carbons (Fsp3) is 0.750. The third-order valence-corrected chi connectivity index (χ3v) is 4.96. The van der Waals surface area contributed by atoms with Gasteiger partial charge in [0.2, 0.25) is 0 Å². The van der Waals surface area contributed by atoms with Gasteiger partial charge < -0.3 is 5.11 Å². The standard InChI is InChI=1S/C24H42O3/c1-2-3-4-11-14-18-23(20-17-21-24(26)27)19-15-12-9-7-5-6-8-10-13-16-22-25/h13,16,18,22H,2-12,14-15,17,19-21H2,1H3,(H,26,27)/b16-13-,23-18-. The van der Waals surface area contributed by atoms with Crippen LogP contribution >= 0.6 is 0 Å². The second-order valence-electron chi connectivity index (χ2n) is 7.54. The molecule has 0 atom stereocenters. The van der Waals surface area contributed by atoms with E-state index in [0.717, 1.165) is 38.4 Å². The van der Waals surface area contributed by atoms with Crippen molar-refractivity contribution in [2.24, 2.45) is 0 Å². The predicted molar refractivity (Wildman–Crippen MR) is 115 cm³/mol. The van der Waals surface area contributed by atoms with E-state index in [-0.39, 0.29) is 6.42 Å². The van der Waals surface area contributed by atoms with Crippen molar-refractivity contribution in [1.82, 2.24) is 0 Å². The van der Waals surface area contributed by atoms with Gasteiger partial charge in [0.1, 0.15) is 6.29 Å². The molecule has 0 aliphatic rings. The van der Waals surface area contributed by atoms with Gasteiger partial charge in [-0.1, -0.05) is 76.0 Å². The molecule has 0 unspecified atom stereocenters. The monoisotopic (exact) mass is 378 g/mol. The number of carboxylic acids is 1. The highest BCUT2D eigenvalue weighted by molar-refractivity contribution is 5.66. The Morgan fingerprint density at radius 3 is 2.00 bits per heavy atom. The van der Waals surface area contributed by atoms with E-state index >= 15 is 0 Å². The molecular formula is C24H42O3. The first-order valence-electron chi connectivity index (χ1n) is 11.2. The third-order valence-electron chi connectivity index (χ3n) is 4.96. The predicted octanol–water partition coefficient (Wildman–Crippen LogP) is 7.40. The van der Waals surface area contributed by atoms with E-state index in [1.54, 1.807) is 6.08 Å². The molecule has 0 aromatic carbocycles. The maximum Gasteiger partial charge on any atom is 0.303 e. The van der Waals surface area contributed by atoms with E-state index in [1.807, 2.05) is 6.08 Å². The summed E-state index contributed by atoms with van der Waals surface area (Å²) >= 11 is 0. The molecule has 156 valence electrons. The number of allylic oxidation sites excluding steroid dienone is 4. The molecule has 0 radical (unpaired) electrons. The van der Waals surface area contributed by atoms with Crippen LogP contribution < -0.4 is 0 Å². The number of hydrogen-bond donors (Lipinski definition) is 1. The quantitative estimate of drug-likeness (QED) is 0.104. The minimum atomic E-state index is -0.682. The fourth-order valence-corrected chi connectivity index (χ4v) is 3.32. The van der Waals surface area contributed by atoms with Gasteiger partial charge in [0.05, 0.1) is 0 Å². The molecule has 0 fully saturated rings. The Kier molecular flexibility index (Phi) is 19.9. The summed E-state index contributed by atoms with van der Waals surface area (Å²) in [5.41, 5.74) is 1.48. The highest BCUT2D eigenvalue weighted by Crippen LogP contribution is 2.19. The van der Waals surface area contributed by atoms with Crippen molar-refractivity contribution in [3.8, 4) is 0 Å². The van der Waals surface area contributed by atoms with E-state index in [2.05, 4.69) is 13.0 Å². The zero-order valence-electron chi connectivity index (χ0n) is 17.6. The highest BCUT2D eigenvalue weighted by atomic mass is 16.4. The number of unbranched alkanes of at least 4 members (excludes halogenated alkanes) is 11. The van der Waals surface area contributed by atoms with Crippen LogP contribution in [0.5, 0.6) is 0 Å². The van der Waals surface area contributed by atoms with Crippen LogP contribution in [0.25, 0.3) is 0 Å². The number of carbonyl (C=O) groups excluding carboxylic acids is 1. The van der Waals surface area contributed by atoms with E-state index in [1.165, 1.54) is 76.2 Å². The molecule has 0 bridgehead atoms. The molecule has 0 aromatic rings. The van der Waals surface area contributed by atoms with E-state index in [4.69, 9.17) is 5.11 Å². The highest BCUT2D eigenvalue weighted by Gasteiger charge is 2.02. The van der Waals surface area contributed by atoms with Crippen molar-refractivity contribution in [3.05, 3.63) is 23.8 Å². The molecule has 0 amide bonds. The minimum absolute atomic E-state index is 0.287. The number of hydrogen-bond acceptors (Lipinski definition) is 2. The number of rotatable bonds is 20. The second kappa shape index (κ2) is 20.9. The largest absolute Gasteiger partial charge is 0.481 e. The lowest BCUT2D eigenvalue weighted by Gasteiger charge is -2.08. The molecular weight excluding hydrogens is 336 g/mol. The van der Waals surface area contributed by atoms with Crippen molar-refractivity contribution in [1.29, 1.82) is 0 Å². The Balaban J connectivity index is 3.82. The first kappa shape index (κ1) is 25.6. The van der Waals surface area contributed by atoms with Crippen LogP contribution in [0.15, 0.2) is 23.8 Å². The summed E-state index contributed by atoms with van der Waals surface area (Å²) in [5, 5.41) is 8.84. The topological polar surface area (TPSA) is 54.4 Å². The zero-order valence-corrected chi connectivity index (χ0v) is 17.6. The van der Waals surface area contributed by atoms with Gasteiger partial charge in [-0.3, -0.25) is 9.59 Å². The van der Waals surface area contributed by atoms with Crippen LogP contribution in [0.4, 0.5) is 0 Å². The molecule has 0 saturated carbocycles. The van der Waals surface area contributed by atoms with Crippen LogP contribution in [0.2, 0.25) is 0 Å². The molecule has 0 saturated heterocycles. The molecule has 1 N–H and O–H groups in total. The summed E-state index contributed by atoms with van der Waals surface area (Å²) in [7, 11) is 0. The average Bonchev–Trinajstić information content (AvgIpc) is 2.65. The Morgan fingerprint density at radius 2 is 1.33 bits per heavy atom. The number of carboxylic acid groups (broad SMARTS) is 1. The summed E-state index contributed by atoms with van der Waals surface area (Å²) in [4.78, 5) is 20.9. The maximum absolute atomic E-state index is 10.7. The number of carbonyl (C=O) groups is 2. The fourth-order valence-electron chi connectivity index (χ4n) is 3.32. The molecule has 0 spiro atoms. The van der Waals surface area contributed by atoms with Crippen molar-refractivity contribution in [3.63, 3.8) is 0 Å². The van der Waals surface area contributed by atoms with E-state index < -0.39 is 5.97 Å². The molecule has 0 aliphatic carbocycles. The molecule has 0 rings (SSSR count). The van der Waals surface area contributed by atoms with Gasteiger partial charge in [0.15, 0.2) is 0 Å².